The van der Waals surface area contributed by atoms with Gasteiger partial charge in [0.15, 0.2) is 0 Å². The Morgan fingerprint density at radius 2 is 2.06 bits per heavy atom. The van der Waals surface area contributed by atoms with Crippen LogP contribution in [0.3, 0.4) is 0 Å². The summed E-state index contributed by atoms with van der Waals surface area (Å²) in [6.07, 6.45) is 5.07. The van der Waals surface area contributed by atoms with Gasteiger partial charge in [0.05, 0.1) is 12.2 Å². The maximum atomic E-state index is 11.9. The molecule has 0 spiro atoms. The number of hydrogen-bond donors (Lipinski definition) is 1. The van der Waals surface area contributed by atoms with Crippen LogP contribution in [0.4, 0.5) is 0 Å². The standard InChI is InChI=1S/C11H14N2O3S/c14-10(15)6-11(2-3-11)8-17(16)7-9-12-4-1-5-13-9/h1,4-5H,2-3,6-8H2,(H,14,15). The summed E-state index contributed by atoms with van der Waals surface area (Å²) in [6, 6.07) is 1.71. The van der Waals surface area contributed by atoms with Gasteiger partial charge in [-0.05, 0) is 24.3 Å². The van der Waals surface area contributed by atoms with Crippen molar-refractivity contribution >= 4 is 16.8 Å². The fourth-order valence-corrected chi connectivity index (χ4v) is 3.42. The van der Waals surface area contributed by atoms with Crippen molar-refractivity contribution in [3.8, 4) is 0 Å². The summed E-state index contributed by atoms with van der Waals surface area (Å²) in [5, 5.41) is 8.77. The predicted molar refractivity (Wildman–Crippen MR) is 62.7 cm³/mol. The van der Waals surface area contributed by atoms with Crippen LogP contribution in [0.1, 0.15) is 25.1 Å². The molecule has 1 N–H and O–H groups in total. The van der Waals surface area contributed by atoms with Crippen molar-refractivity contribution in [1.29, 1.82) is 0 Å². The molecular weight excluding hydrogens is 240 g/mol. The molecule has 0 amide bonds. The van der Waals surface area contributed by atoms with Gasteiger partial charge in [-0.15, -0.1) is 0 Å². The number of aliphatic carboxylic acids is 1. The van der Waals surface area contributed by atoms with Crippen molar-refractivity contribution in [2.45, 2.75) is 25.0 Å². The molecule has 0 saturated heterocycles. The lowest BCUT2D eigenvalue weighted by atomic mass is 10.1. The van der Waals surface area contributed by atoms with Crippen molar-refractivity contribution in [2.75, 3.05) is 5.75 Å². The molecule has 0 aliphatic heterocycles. The summed E-state index contributed by atoms with van der Waals surface area (Å²) in [5.41, 5.74) is -0.231. The van der Waals surface area contributed by atoms with Crippen molar-refractivity contribution in [3.63, 3.8) is 0 Å². The molecule has 1 saturated carbocycles. The Bertz CT molecular complexity index is 432. The molecule has 1 aromatic heterocycles. The summed E-state index contributed by atoms with van der Waals surface area (Å²) >= 11 is 0. The van der Waals surface area contributed by atoms with E-state index in [1.165, 1.54) is 0 Å². The number of carboxylic acid groups (broad SMARTS) is 1. The van der Waals surface area contributed by atoms with Crippen LogP contribution in [0.15, 0.2) is 18.5 Å². The van der Waals surface area contributed by atoms with Gasteiger partial charge in [-0.3, -0.25) is 9.00 Å². The fraction of sp³-hybridized carbons (Fsp3) is 0.545. The maximum Gasteiger partial charge on any atom is 0.303 e. The van der Waals surface area contributed by atoms with E-state index in [-0.39, 0.29) is 11.8 Å². The Morgan fingerprint density at radius 3 is 2.59 bits per heavy atom. The summed E-state index contributed by atoms with van der Waals surface area (Å²) in [7, 11) is -1.08. The van der Waals surface area contributed by atoms with E-state index in [9.17, 15) is 9.00 Å². The highest BCUT2D eigenvalue weighted by molar-refractivity contribution is 7.84. The first-order chi connectivity index (χ1) is 8.10. The number of rotatable bonds is 6. The van der Waals surface area contributed by atoms with E-state index in [1.54, 1.807) is 18.5 Å². The first-order valence-corrected chi connectivity index (χ1v) is 6.91. The second kappa shape index (κ2) is 4.91. The largest absolute Gasteiger partial charge is 0.481 e. The van der Waals surface area contributed by atoms with Gasteiger partial charge in [0.2, 0.25) is 0 Å². The SMILES string of the molecule is O=C(O)CC1(CS(=O)Cc2ncccn2)CC1. The molecule has 0 bridgehead atoms. The molecule has 0 radical (unpaired) electrons. The molecule has 17 heavy (non-hydrogen) atoms. The van der Waals surface area contributed by atoms with Gasteiger partial charge in [0.1, 0.15) is 5.82 Å². The molecule has 1 heterocycles. The lowest BCUT2D eigenvalue weighted by Crippen LogP contribution is -2.18. The minimum atomic E-state index is -1.08. The van der Waals surface area contributed by atoms with Crippen LogP contribution in [0.5, 0.6) is 0 Å². The second-order valence-electron chi connectivity index (χ2n) is 4.46. The lowest BCUT2D eigenvalue weighted by Gasteiger charge is -2.11. The van der Waals surface area contributed by atoms with Gasteiger partial charge in [-0.2, -0.15) is 0 Å². The Morgan fingerprint density at radius 1 is 1.41 bits per heavy atom. The molecule has 1 atom stereocenters. The van der Waals surface area contributed by atoms with E-state index in [4.69, 9.17) is 5.11 Å². The average Bonchev–Trinajstić information content (AvgIpc) is 2.97. The molecule has 1 fully saturated rings. The van der Waals surface area contributed by atoms with E-state index in [0.29, 0.717) is 17.3 Å². The van der Waals surface area contributed by atoms with Gasteiger partial charge in [-0.25, -0.2) is 9.97 Å². The zero-order chi connectivity index (χ0) is 12.3. The summed E-state index contributed by atoms with van der Waals surface area (Å²) in [6.45, 7) is 0. The summed E-state index contributed by atoms with van der Waals surface area (Å²) in [5.74, 6) is 0.493. The predicted octanol–water partition coefficient (Wildman–Crippen LogP) is 0.980. The van der Waals surface area contributed by atoms with Crippen molar-refractivity contribution < 1.29 is 14.1 Å². The van der Waals surface area contributed by atoms with Gasteiger partial charge < -0.3 is 5.11 Å². The molecule has 1 aromatic rings. The molecule has 1 aliphatic rings. The number of carboxylic acids is 1. The van der Waals surface area contributed by atoms with Crippen LogP contribution in [0, 0.1) is 5.41 Å². The Balaban J connectivity index is 1.88. The monoisotopic (exact) mass is 254 g/mol. The zero-order valence-electron chi connectivity index (χ0n) is 9.33. The molecule has 1 unspecified atom stereocenters. The highest BCUT2D eigenvalue weighted by Crippen LogP contribution is 2.49. The Labute approximate surface area is 102 Å². The highest BCUT2D eigenvalue weighted by Gasteiger charge is 2.45. The molecule has 1 aliphatic carbocycles. The van der Waals surface area contributed by atoms with Crippen LogP contribution >= 0.6 is 0 Å². The van der Waals surface area contributed by atoms with Crippen LogP contribution < -0.4 is 0 Å². The zero-order valence-corrected chi connectivity index (χ0v) is 10.2. The van der Waals surface area contributed by atoms with Crippen LogP contribution in [-0.4, -0.2) is 31.0 Å². The molecule has 0 aromatic carbocycles. The van der Waals surface area contributed by atoms with Crippen LogP contribution in [0.2, 0.25) is 0 Å². The Kier molecular flexibility index (Phi) is 3.51. The van der Waals surface area contributed by atoms with Gasteiger partial charge in [0.25, 0.3) is 0 Å². The Hall–Kier alpha value is -1.30. The van der Waals surface area contributed by atoms with Crippen molar-refractivity contribution in [2.24, 2.45) is 5.41 Å². The van der Waals surface area contributed by atoms with Crippen LogP contribution in [0.25, 0.3) is 0 Å². The van der Waals surface area contributed by atoms with E-state index in [0.717, 1.165) is 12.8 Å². The molecule has 6 heteroatoms. The van der Waals surface area contributed by atoms with E-state index < -0.39 is 16.8 Å². The third-order valence-corrected chi connectivity index (χ3v) is 4.37. The first kappa shape index (κ1) is 12.2. The molecule has 92 valence electrons. The second-order valence-corrected chi connectivity index (χ2v) is 5.92. The average molecular weight is 254 g/mol. The number of nitrogens with zero attached hydrogens (tertiary/aromatic N) is 2. The fourth-order valence-electron chi connectivity index (χ4n) is 1.81. The third kappa shape index (κ3) is 3.59. The molecule has 5 nitrogen and oxygen atoms in total. The number of carbonyl (C=O) groups is 1. The molecule has 2 rings (SSSR count). The quantitative estimate of drug-likeness (QED) is 0.818. The first-order valence-electron chi connectivity index (χ1n) is 5.42. The highest BCUT2D eigenvalue weighted by atomic mass is 32.2. The van der Waals surface area contributed by atoms with E-state index >= 15 is 0 Å². The van der Waals surface area contributed by atoms with E-state index in [1.807, 2.05) is 0 Å². The van der Waals surface area contributed by atoms with Crippen LogP contribution in [-0.2, 0) is 21.3 Å². The van der Waals surface area contributed by atoms with Crippen molar-refractivity contribution in [1.82, 2.24) is 9.97 Å². The number of aromatic nitrogens is 2. The van der Waals surface area contributed by atoms with E-state index in [2.05, 4.69) is 9.97 Å². The number of hydrogen-bond acceptors (Lipinski definition) is 4. The van der Waals surface area contributed by atoms with Crippen molar-refractivity contribution in [3.05, 3.63) is 24.3 Å². The van der Waals surface area contributed by atoms with Gasteiger partial charge in [0, 0.05) is 28.9 Å². The van der Waals surface area contributed by atoms with Gasteiger partial charge in [-0.1, -0.05) is 0 Å². The third-order valence-electron chi connectivity index (χ3n) is 2.86. The lowest BCUT2D eigenvalue weighted by molar-refractivity contribution is -0.138. The normalized spacial score (nSPS) is 18.6. The minimum absolute atomic E-state index is 0.119. The molecular formula is C11H14N2O3S. The summed E-state index contributed by atoms with van der Waals surface area (Å²) in [4.78, 5) is 18.7. The topological polar surface area (TPSA) is 80.1 Å². The maximum absolute atomic E-state index is 11.9. The smallest absolute Gasteiger partial charge is 0.303 e. The minimum Gasteiger partial charge on any atom is -0.481 e. The van der Waals surface area contributed by atoms with Gasteiger partial charge >= 0.3 is 5.97 Å². The summed E-state index contributed by atoms with van der Waals surface area (Å²) < 4.78 is 11.9.